The van der Waals surface area contributed by atoms with Crippen LogP contribution in [0.1, 0.15) is 31.2 Å². The minimum absolute atomic E-state index is 0.0417. The summed E-state index contributed by atoms with van der Waals surface area (Å²) < 4.78 is 24.2. The largest absolute Gasteiger partial charge is 0.465 e. The predicted octanol–water partition coefficient (Wildman–Crippen LogP) is 2.38. The Balaban J connectivity index is 2.40. The Labute approximate surface area is 146 Å². The molecule has 0 radical (unpaired) electrons. The van der Waals surface area contributed by atoms with E-state index >= 15 is 0 Å². The molecular formula is C15H19N3O4S2. The van der Waals surface area contributed by atoms with E-state index in [1.165, 1.54) is 0 Å². The monoisotopic (exact) mass is 369 g/mol. The van der Waals surface area contributed by atoms with E-state index in [-0.39, 0.29) is 11.8 Å². The SMILES string of the molecule is C[C@H]1C[C@@H](c2ccncc2N=C=S)C[C@@H](NC(=O)O)[C@H]1S(C)(=O)=O. The smallest absolute Gasteiger partial charge is 0.404 e. The molecule has 0 aliphatic heterocycles. The average Bonchev–Trinajstić information content (AvgIpc) is 2.45. The van der Waals surface area contributed by atoms with Crippen LogP contribution < -0.4 is 5.32 Å². The van der Waals surface area contributed by atoms with Crippen molar-refractivity contribution in [3.05, 3.63) is 24.0 Å². The molecule has 0 unspecified atom stereocenters. The number of thiocarbonyl (C=S) groups is 1. The number of hydrogen-bond donors (Lipinski definition) is 2. The van der Waals surface area contributed by atoms with Crippen LogP contribution >= 0.6 is 12.2 Å². The number of nitrogens with one attached hydrogen (secondary N) is 1. The number of aromatic nitrogens is 1. The van der Waals surface area contributed by atoms with Gasteiger partial charge in [0.05, 0.1) is 22.3 Å². The maximum atomic E-state index is 12.1. The Morgan fingerprint density at radius 3 is 2.79 bits per heavy atom. The number of isothiocyanates is 1. The summed E-state index contributed by atoms with van der Waals surface area (Å²) in [6.45, 7) is 1.83. The van der Waals surface area contributed by atoms with Crippen LogP contribution in [0.2, 0.25) is 0 Å². The number of pyridine rings is 1. The zero-order valence-electron chi connectivity index (χ0n) is 13.3. The number of carbonyl (C=O) groups is 1. The molecule has 1 saturated carbocycles. The first-order valence-electron chi connectivity index (χ1n) is 7.44. The summed E-state index contributed by atoms with van der Waals surface area (Å²) in [5.74, 6) is -0.243. The van der Waals surface area contributed by atoms with E-state index in [0.717, 1.165) is 11.8 Å². The van der Waals surface area contributed by atoms with Crippen molar-refractivity contribution in [1.82, 2.24) is 10.3 Å². The van der Waals surface area contributed by atoms with E-state index < -0.39 is 27.2 Å². The van der Waals surface area contributed by atoms with Gasteiger partial charge in [-0.05, 0) is 48.5 Å². The van der Waals surface area contributed by atoms with Gasteiger partial charge < -0.3 is 10.4 Å². The van der Waals surface area contributed by atoms with Gasteiger partial charge in [0.2, 0.25) is 0 Å². The molecule has 7 nitrogen and oxygen atoms in total. The molecule has 1 aromatic heterocycles. The standard InChI is InChI=1S/C15H19N3O4S2/c1-9-5-10(11-3-4-16-7-13(11)17-8-23)6-12(18-15(19)20)14(9)24(2,21)22/h3-4,7,9-10,12,14,18H,5-6H2,1-2H3,(H,19,20)/t9-,10+,12+,14-/m0/s1. The van der Waals surface area contributed by atoms with E-state index in [2.05, 4.69) is 32.7 Å². The topological polar surface area (TPSA) is 109 Å². The molecule has 2 rings (SSSR count). The van der Waals surface area contributed by atoms with Gasteiger partial charge in [-0.25, -0.2) is 13.2 Å². The first-order chi connectivity index (χ1) is 11.2. The number of aliphatic imine (C=N–C) groups is 1. The Morgan fingerprint density at radius 1 is 1.50 bits per heavy atom. The molecule has 0 spiro atoms. The molecule has 0 saturated heterocycles. The maximum Gasteiger partial charge on any atom is 0.404 e. The quantitative estimate of drug-likeness (QED) is 0.623. The van der Waals surface area contributed by atoms with Gasteiger partial charge in [-0.1, -0.05) is 6.92 Å². The highest BCUT2D eigenvalue weighted by Crippen LogP contribution is 2.41. The zero-order valence-corrected chi connectivity index (χ0v) is 15.0. The number of rotatable bonds is 4. The van der Waals surface area contributed by atoms with Crippen molar-refractivity contribution in [1.29, 1.82) is 0 Å². The van der Waals surface area contributed by atoms with Crippen LogP contribution in [0.15, 0.2) is 23.5 Å². The van der Waals surface area contributed by atoms with Gasteiger partial charge in [0, 0.05) is 18.5 Å². The first kappa shape index (κ1) is 18.5. The molecular weight excluding hydrogens is 350 g/mol. The predicted molar refractivity (Wildman–Crippen MR) is 93.6 cm³/mol. The zero-order chi connectivity index (χ0) is 17.9. The summed E-state index contributed by atoms with van der Waals surface area (Å²) in [6, 6.07) is 1.13. The fourth-order valence-corrected chi connectivity index (χ4v) is 5.50. The van der Waals surface area contributed by atoms with Gasteiger partial charge in [0.1, 0.15) is 0 Å². The highest BCUT2D eigenvalue weighted by Gasteiger charge is 2.43. The fourth-order valence-electron chi connectivity index (χ4n) is 3.68. The van der Waals surface area contributed by atoms with Crippen LogP contribution in [0.25, 0.3) is 0 Å². The lowest BCUT2D eigenvalue weighted by atomic mass is 9.75. The molecule has 0 bridgehead atoms. The van der Waals surface area contributed by atoms with Crippen LogP contribution in [0.5, 0.6) is 0 Å². The molecule has 2 N–H and O–H groups in total. The lowest BCUT2D eigenvalue weighted by Crippen LogP contribution is -2.52. The van der Waals surface area contributed by atoms with Gasteiger partial charge in [-0.15, -0.1) is 0 Å². The van der Waals surface area contributed by atoms with Gasteiger partial charge in [-0.2, -0.15) is 4.99 Å². The molecule has 130 valence electrons. The third kappa shape index (κ3) is 4.17. The number of amides is 1. The van der Waals surface area contributed by atoms with Crippen molar-refractivity contribution in [3.8, 4) is 0 Å². The summed E-state index contributed by atoms with van der Waals surface area (Å²) in [7, 11) is -3.39. The van der Waals surface area contributed by atoms with Gasteiger partial charge in [0.15, 0.2) is 9.84 Å². The number of sulfone groups is 1. The normalized spacial score (nSPS) is 27.1. The Kier molecular flexibility index (Phi) is 5.69. The van der Waals surface area contributed by atoms with Gasteiger partial charge in [0.25, 0.3) is 0 Å². The summed E-state index contributed by atoms with van der Waals surface area (Å²) in [6.07, 6.45) is 4.11. The van der Waals surface area contributed by atoms with Gasteiger partial charge in [-0.3, -0.25) is 4.98 Å². The van der Waals surface area contributed by atoms with E-state index in [1.807, 2.05) is 13.0 Å². The lowest BCUT2D eigenvalue weighted by molar-refractivity contribution is 0.180. The van der Waals surface area contributed by atoms with Crippen molar-refractivity contribution in [2.75, 3.05) is 6.26 Å². The molecule has 1 aliphatic rings. The van der Waals surface area contributed by atoms with E-state index in [4.69, 9.17) is 5.11 Å². The van der Waals surface area contributed by atoms with Crippen molar-refractivity contribution in [2.24, 2.45) is 10.9 Å². The summed E-state index contributed by atoms with van der Waals surface area (Å²) in [5, 5.41) is 13.0. The number of nitrogens with zero attached hydrogens (tertiary/aromatic N) is 2. The van der Waals surface area contributed by atoms with Crippen molar-refractivity contribution < 1.29 is 18.3 Å². The van der Waals surface area contributed by atoms with Crippen LogP contribution in [-0.2, 0) is 9.84 Å². The third-order valence-corrected chi connectivity index (χ3v) is 6.27. The summed E-state index contributed by atoms with van der Waals surface area (Å²) in [5.41, 5.74) is 1.45. The molecule has 9 heteroatoms. The Morgan fingerprint density at radius 2 is 2.21 bits per heavy atom. The molecule has 1 aliphatic carbocycles. The molecule has 1 amide bonds. The second-order valence-corrected chi connectivity index (χ2v) is 8.52. The van der Waals surface area contributed by atoms with Crippen molar-refractivity contribution in [2.45, 2.75) is 37.0 Å². The molecule has 24 heavy (non-hydrogen) atoms. The average molecular weight is 369 g/mol. The maximum absolute atomic E-state index is 12.1. The molecule has 0 aromatic carbocycles. The fraction of sp³-hybridized carbons (Fsp3) is 0.533. The summed E-state index contributed by atoms with van der Waals surface area (Å²) >= 11 is 4.65. The third-order valence-electron chi connectivity index (χ3n) is 4.39. The van der Waals surface area contributed by atoms with E-state index in [1.54, 1.807) is 12.4 Å². The van der Waals surface area contributed by atoms with Crippen LogP contribution in [-0.4, -0.2) is 47.3 Å². The first-order valence-corrected chi connectivity index (χ1v) is 9.80. The second-order valence-electron chi connectivity index (χ2n) is 6.13. The second kappa shape index (κ2) is 7.38. The van der Waals surface area contributed by atoms with E-state index in [0.29, 0.717) is 18.5 Å². The summed E-state index contributed by atoms with van der Waals surface area (Å²) in [4.78, 5) is 19.1. The minimum atomic E-state index is -3.39. The molecule has 4 atom stereocenters. The molecule has 1 aromatic rings. The van der Waals surface area contributed by atoms with E-state index in [9.17, 15) is 13.2 Å². The highest BCUT2D eigenvalue weighted by atomic mass is 32.2. The van der Waals surface area contributed by atoms with Crippen LogP contribution in [0.4, 0.5) is 10.5 Å². The Hall–Kier alpha value is -1.83. The van der Waals surface area contributed by atoms with Gasteiger partial charge >= 0.3 is 6.09 Å². The van der Waals surface area contributed by atoms with Crippen LogP contribution in [0, 0.1) is 5.92 Å². The minimum Gasteiger partial charge on any atom is -0.465 e. The highest BCUT2D eigenvalue weighted by molar-refractivity contribution is 7.91. The van der Waals surface area contributed by atoms with Crippen LogP contribution in [0.3, 0.4) is 0 Å². The molecule has 1 heterocycles. The lowest BCUT2D eigenvalue weighted by Gasteiger charge is -2.39. The van der Waals surface area contributed by atoms with Crippen molar-refractivity contribution in [3.63, 3.8) is 0 Å². The number of carboxylic acid groups (broad SMARTS) is 1. The Bertz CT molecular complexity index is 775. The number of hydrogen-bond acceptors (Lipinski definition) is 6. The molecule has 1 fully saturated rings. The van der Waals surface area contributed by atoms with Crippen molar-refractivity contribution >= 4 is 39.0 Å².